The zero-order chi connectivity index (χ0) is 8.43. The van der Waals surface area contributed by atoms with E-state index in [1.165, 1.54) is 0 Å². The summed E-state index contributed by atoms with van der Waals surface area (Å²) in [5.74, 6) is -4.29. The molecule has 0 aromatic heterocycles. The third-order valence-corrected chi connectivity index (χ3v) is 1.17. The van der Waals surface area contributed by atoms with Crippen LogP contribution in [-0.4, -0.2) is 5.97 Å². The van der Waals surface area contributed by atoms with Crippen LogP contribution in [0.5, 0.6) is 0 Å². The first kappa shape index (κ1) is 7.65. The maximum Gasteiger partial charge on any atom is 0.389 e. The van der Waals surface area contributed by atoms with Crippen LogP contribution in [0.3, 0.4) is 0 Å². The Morgan fingerprint density at radius 1 is 1.27 bits per heavy atom. The summed E-state index contributed by atoms with van der Waals surface area (Å²) in [6.45, 7) is 0. The molecule has 11 heavy (non-hydrogen) atoms. The Labute approximate surface area is 61.1 Å². The molecule has 1 radical (unpaired) electrons. The van der Waals surface area contributed by atoms with Gasteiger partial charge in [0.1, 0.15) is 5.56 Å². The summed E-state index contributed by atoms with van der Waals surface area (Å²) in [4.78, 5) is 10.1. The SMILES string of the molecule is [O]C(=O)c1cccc(F)c1F. The molecule has 4 heteroatoms. The zero-order valence-electron chi connectivity index (χ0n) is 5.30. The van der Waals surface area contributed by atoms with Crippen LogP contribution >= 0.6 is 0 Å². The molecule has 0 amide bonds. The van der Waals surface area contributed by atoms with Gasteiger partial charge in [-0.15, -0.1) is 0 Å². The molecule has 0 aliphatic rings. The zero-order valence-corrected chi connectivity index (χ0v) is 5.30. The fourth-order valence-electron chi connectivity index (χ4n) is 0.661. The maximum absolute atomic E-state index is 12.5. The Hall–Kier alpha value is -1.45. The van der Waals surface area contributed by atoms with Crippen LogP contribution in [0.4, 0.5) is 8.78 Å². The molecular formula is C7H3F2O2. The lowest BCUT2D eigenvalue weighted by Crippen LogP contribution is -2.00. The second-order valence-electron chi connectivity index (χ2n) is 1.89. The minimum absolute atomic E-state index is 0.759. The number of hydrogen-bond donors (Lipinski definition) is 0. The molecule has 1 rings (SSSR count). The molecule has 2 nitrogen and oxygen atoms in total. The summed E-state index contributed by atoms with van der Waals surface area (Å²) < 4.78 is 24.7. The van der Waals surface area contributed by atoms with Gasteiger partial charge in [-0.3, -0.25) is 0 Å². The van der Waals surface area contributed by atoms with Gasteiger partial charge in [0.25, 0.3) is 0 Å². The maximum atomic E-state index is 12.5. The largest absolute Gasteiger partial charge is 0.389 e. The van der Waals surface area contributed by atoms with Gasteiger partial charge in [-0.2, -0.15) is 0 Å². The van der Waals surface area contributed by atoms with Gasteiger partial charge in [0.05, 0.1) is 0 Å². The number of hydrogen-bond acceptors (Lipinski definition) is 1. The van der Waals surface area contributed by atoms with Gasteiger partial charge < -0.3 is 0 Å². The van der Waals surface area contributed by atoms with Crippen molar-refractivity contribution in [3.63, 3.8) is 0 Å². The quantitative estimate of drug-likeness (QED) is 0.609. The fraction of sp³-hybridized carbons (Fsp3) is 0. The van der Waals surface area contributed by atoms with Gasteiger partial charge in [0.2, 0.25) is 0 Å². The second-order valence-corrected chi connectivity index (χ2v) is 1.89. The minimum atomic E-state index is -1.72. The van der Waals surface area contributed by atoms with E-state index >= 15 is 0 Å². The van der Waals surface area contributed by atoms with Crippen molar-refractivity contribution in [2.75, 3.05) is 0 Å². The molecule has 0 saturated carbocycles. The molecule has 0 atom stereocenters. The van der Waals surface area contributed by atoms with Gasteiger partial charge >= 0.3 is 5.97 Å². The monoisotopic (exact) mass is 157 g/mol. The molecule has 0 heterocycles. The number of carbonyl (C=O) groups is 1. The first-order valence-corrected chi connectivity index (χ1v) is 2.78. The lowest BCUT2D eigenvalue weighted by Gasteiger charge is -1.94. The topological polar surface area (TPSA) is 37.0 Å². The highest BCUT2D eigenvalue weighted by atomic mass is 19.2. The highest BCUT2D eigenvalue weighted by molar-refractivity contribution is 5.87. The second kappa shape index (κ2) is 2.65. The Morgan fingerprint density at radius 3 is 2.36 bits per heavy atom. The van der Waals surface area contributed by atoms with Gasteiger partial charge in [0.15, 0.2) is 11.6 Å². The predicted octanol–water partition coefficient (Wildman–Crippen LogP) is 1.54. The molecule has 0 spiro atoms. The van der Waals surface area contributed by atoms with E-state index in [1.54, 1.807) is 0 Å². The van der Waals surface area contributed by atoms with E-state index in [9.17, 15) is 18.7 Å². The Bertz CT molecular complexity index is 296. The van der Waals surface area contributed by atoms with Crippen molar-refractivity contribution in [3.05, 3.63) is 35.4 Å². The van der Waals surface area contributed by atoms with Crippen LogP contribution in [0.2, 0.25) is 0 Å². The van der Waals surface area contributed by atoms with Crippen LogP contribution in [0, 0.1) is 11.6 Å². The molecular weight excluding hydrogens is 154 g/mol. The minimum Gasteiger partial charge on any atom is -0.241 e. The summed E-state index contributed by atoms with van der Waals surface area (Å²) in [7, 11) is 0. The highest BCUT2D eigenvalue weighted by Gasteiger charge is 2.14. The molecule has 0 aliphatic carbocycles. The molecule has 0 bridgehead atoms. The molecule has 0 fully saturated rings. The average molecular weight is 157 g/mol. The van der Waals surface area contributed by atoms with Gasteiger partial charge in [-0.25, -0.2) is 18.7 Å². The van der Waals surface area contributed by atoms with Crippen LogP contribution < -0.4 is 0 Å². The first-order valence-electron chi connectivity index (χ1n) is 2.78. The van der Waals surface area contributed by atoms with E-state index in [4.69, 9.17) is 0 Å². The van der Waals surface area contributed by atoms with E-state index in [1.807, 2.05) is 0 Å². The third-order valence-electron chi connectivity index (χ3n) is 1.17. The highest BCUT2D eigenvalue weighted by Crippen LogP contribution is 2.10. The average Bonchev–Trinajstić information content (AvgIpc) is 1.94. The lowest BCUT2D eigenvalue weighted by molar-refractivity contribution is 0.0566. The number of benzene rings is 1. The predicted molar refractivity (Wildman–Crippen MR) is 31.4 cm³/mol. The van der Waals surface area contributed by atoms with Crippen LogP contribution in [0.25, 0.3) is 0 Å². The molecule has 1 aromatic rings. The molecule has 0 aliphatic heterocycles. The van der Waals surface area contributed by atoms with Crippen molar-refractivity contribution in [1.29, 1.82) is 0 Å². The third kappa shape index (κ3) is 1.34. The van der Waals surface area contributed by atoms with E-state index < -0.39 is 23.2 Å². The van der Waals surface area contributed by atoms with Crippen molar-refractivity contribution in [2.24, 2.45) is 0 Å². The van der Waals surface area contributed by atoms with E-state index in [-0.39, 0.29) is 0 Å². The van der Waals surface area contributed by atoms with Crippen molar-refractivity contribution in [2.45, 2.75) is 0 Å². The van der Waals surface area contributed by atoms with E-state index in [2.05, 4.69) is 0 Å². The molecule has 0 saturated heterocycles. The van der Waals surface area contributed by atoms with Crippen molar-refractivity contribution < 1.29 is 18.7 Å². The first-order chi connectivity index (χ1) is 5.13. The summed E-state index contributed by atoms with van der Waals surface area (Å²) in [6, 6.07) is 2.87. The van der Waals surface area contributed by atoms with Crippen LogP contribution in [-0.2, 0) is 5.11 Å². The van der Waals surface area contributed by atoms with Crippen molar-refractivity contribution >= 4 is 5.97 Å². The number of carbonyl (C=O) groups excluding carboxylic acids is 1. The van der Waals surface area contributed by atoms with Crippen LogP contribution in [0.15, 0.2) is 18.2 Å². The van der Waals surface area contributed by atoms with E-state index in [0.717, 1.165) is 18.2 Å². The Balaban J connectivity index is 3.27. The summed E-state index contributed by atoms with van der Waals surface area (Å²) in [5.41, 5.74) is -0.759. The van der Waals surface area contributed by atoms with Crippen molar-refractivity contribution in [1.82, 2.24) is 0 Å². The normalized spacial score (nSPS) is 9.64. The summed E-state index contributed by atoms with van der Waals surface area (Å²) in [6.07, 6.45) is 0. The van der Waals surface area contributed by atoms with E-state index in [0.29, 0.717) is 0 Å². The summed E-state index contributed by atoms with van der Waals surface area (Å²) in [5, 5.41) is 10.1. The van der Waals surface area contributed by atoms with Gasteiger partial charge in [-0.05, 0) is 12.1 Å². The Morgan fingerprint density at radius 2 is 1.91 bits per heavy atom. The Kier molecular flexibility index (Phi) is 1.85. The van der Waals surface area contributed by atoms with Gasteiger partial charge in [-0.1, -0.05) is 6.07 Å². The fourth-order valence-corrected chi connectivity index (χ4v) is 0.661. The molecule has 57 valence electrons. The van der Waals surface area contributed by atoms with Crippen molar-refractivity contribution in [3.8, 4) is 0 Å². The standard InChI is InChI=1S/C7H3F2O2/c8-5-3-1-2-4(6(5)9)7(10)11/h1-3H. The van der Waals surface area contributed by atoms with Gasteiger partial charge in [0, 0.05) is 0 Å². The number of rotatable bonds is 1. The lowest BCUT2D eigenvalue weighted by atomic mass is 10.2. The molecule has 0 unspecified atom stereocenters. The molecule has 1 aromatic carbocycles. The molecule has 0 N–H and O–H groups in total. The smallest absolute Gasteiger partial charge is 0.241 e. The van der Waals surface area contributed by atoms with Crippen LogP contribution in [0.1, 0.15) is 10.4 Å². The number of halogens is 2. The summed E-state index contributed by atoms with van der Waals surface area (Å²) >= 11 is 0.